The Morgan fingerprint density at radius 3 is 2.60 bits per heavy atom. The maximum absolute atomic E-state index is 13.5. The lowest BCUT2D eigenvalue weighted by molar-refractivity contribution is -0.385. The van der Waals surface area contributed by atoms with Gasteiger partial charge in [0.25, 0.3) is 0 Å². The van der Waals surface area contributed by atoms with Crippen molar-refractivity contribution < 1.29 is 18.4 Å². The van der Waals surface area contributed by atoms with E-state index in [1.54, 1.807) is 0 Å². The molecule has 0 aliphatic rings. The van der Waals surface area contributed by atoms with Crippen molar-refractivity contribution in [2.24, 2.45) is 5.73 Å². The largest absolute Gasteiger partial charge is 0.450 e. The molecule has 0 aliphatic carbocycles. The number of ether oxygens (including phenoxy) is 1. The number of hydrogen-bond acceptors (Lipinski definition) is 4. The van der Waals surface area contributed by atoms with E-state index < -0.39 is 22.2 Å². The molecule has 0 saturated heterocycles. The van der Waals surface area contributed by atoms with Crippen molar-refractivity contribution in [2.75, 3.05) is 0 Å². The van der Waals surface area contributed by atoms with E-state index >= 15 is 0 Å². The van der Waals surface area contributed by atoms with Gasteiger partial charge in [0, 0.05) is 12.1 Å². The Morgan fingerprint density at radius 1 is 1.20 bits per heavy atom. The van der Waals surface area contributed by atoms with Gasteiger partial charge in [0.15, 0.2) is 0 Å². The average molecular weight is 280 g/mol. The predicted molar refractivity (Wildman–Crippen MR) is 67.4 cm³/mol. The highest BCUT2D eigenvalue weighted by atomic mass is 19.1. The quantitative estimate of drug-likeness (QED) is 0.689. The fourth-order valence-electron chi connectivity index (χ4n) is 1.67. The molecule has 20 heavy (non-hydrogen) atoms. The maximum Gasteiger partial charge on any atom is 0.314 e. The summed E-state index contributed by atoms with van der Waals surface area (Å²) in [5.41, 5.74) is 4.96. The minimum absolute atomic E-state index is 0.0576. The first-order valence-corrected chi connectivity index (χ1v) is 5.62. The van der Waals surface area contributed by atoms with Crippen molar-refractivity contribution in [1.82, 2.24) is 0 Å². The molecule has 5 nitrogen and oxygen atoms in total. The van der Waals surface area contributed by atoms with E-state index in [-0.39, 0.29) is 23.6 Å². The topological polar surface area (TPSA) is 78.4 Å². The molecule has 0 aromatic heterocycles. The summed E-state index contributed by atoms with van der Waals surface area (Å²) >= 11 is 0. The zero-order valence-corrected chi connectivity index (χ0v) is 10.2. The van der Waals surface area contributed by atoms with Crippen molar-refractivity contribution in [2.45, 2.75) is 6.54 Å². The number of nitrogens with zero attached hydrogens (tertiary/aromatic N) is 1. The first-order valence-electron chi connectivity index (χ1n) is 5.62. The molecule has 7 heteroatoms. The van der Waals surface area contributed by atoms with Crippen molar-refractivity contribution in [3.8, 4) is 11.5 Å². The van der Waals surface area contributed by atoms with Crippen LogP contribution in [0.25, 0.3) is 0 Å². The molecule has 2 rings (SSSR count). The van der Waals surface area contributed by atoms with Gasteiger partial charge in [-0.2, -0.15) is 0 Å². The SMILES string of the molecule is NCc1c(F)cccc1Oc1ccc(F)cc1[N+](=O)[O-]. The second-order valence-corrected chi connectivity index (χ2v) is 3.89. The van der Waals surface area contributed by atoms with E-state index in [1.165, 1.54) is 18.2 Å². The van der Waals surface area contributed by atoms with Gasteiger partial charge in [-0.15, -0.1) is 0 Å². The van der Waals surface area contributed by atoms with Crippen LogP contribution in [0.1, 0.15) is 5.56 Å². The van der Waals surface area contributed by atoms with E-state index in [1.807, 2.05) is 0 Å². The molecule has 0 radical (unpaired) electrons. The second-order valence-electron chi connectivity index (χ2n) is 3.89. The van der Waals surface area contributed by atoms with E-state index in [2.05, 4.69) is 0 Å². The van der Waals surface area contributed by atoms with Crippen LogP contribution in [0.3, 0.4) is 0 Å². The molecule has 2 aromatic carbocycles. The molecular formula is C13H10F2N2O3. The molecule has 0 amide bonds. The molecule has 2 aromatic rings. The van der Waals surface area contributed by atoms with E-state index in [0.29, 0.717) is 0 Å². The third kappa shape index (κ3) is 2.72. The van der Waals surface area contributed by atoms with E-state index in [9.17, 15) is 18.9 Å². The first kappa shape index (κ1) is 13.9. The summed E-state index contributed by atoms with van der Waals surface area (Å²) in [7, 11) is 0. The van der Waals surface area contributed by atoms with Gasteiger partial charge in [0.1, 0.15) is 17.4 Å². The molecule has 0 atom stereocenters. The van der Waals surface area contributed by atoms with E-state index in [4.69, 9.17) is 10.5 Å². The zero-order valence-electron chi connectivity index (χ0n) is 10.2. The lowest BCUT2D eigenvalue weighted by Crippen LogP contribution is -2.03. The maximum atomic E-state index is 13.5. The minimum Gasteiger partial charge on any atom is -0.450 e. The lowest BCUT2D eigenvalue weighted by Gasteiger charge is -2.10. The summed E-state index contributed by atoms with van der Waals surface area (Å²) in [6.07, 6.45) is 0. The van der Waals surface area contributed by atoms with Gasteiger partial charge in [0.2, 0.25) is 5.75 Å². The normalized spacial score (nSPS) is 10.3. The van der Waals surface area contributed by atoms with Crippen LogP contribution in [0, 0.1) is 21.7 Å². The lowest BCUT2D eigenvalue weighted by atomic mass is 10.2. The monoisotopic (exact) mass is 280 g/mol. The Balaban J connectivity index is 2.45. The van der Waals surface area contributed by atoms with Crippen LogP contribution in [0.2, 0.25) is 0 Å². The summed E-state index contributed by atoms with van der Waals surface area (Å²) in [5.74, 6) is -1.46. The van der Waals surface area contributed by atoms with Crippen LogP contribution in [-0.4, -0.2) is 4.92 Å². The number of nitrogens with two attached hydrogens (primary N) is 1. The van der Waals surface area contributed by atoms with Gasteiger partial charge in [0.05, 0.1) is 11.0 Å². The Kier molecular flexibility index (Phi) is 3.90. The summed E-state index contributed by atoms with van der Waals surface area (Å²) < 4.78 is 31.8. The molecule has 0 heterocycles. The van der Waals surface area contributed by atoms with Crippen molar-refractivity contribution in [1.29, 1.82) is 0 Å². The average Bonchev–Trinajstić information content (AvgIpc) is 2.41. The van der Waals surface area contributed by atoms with Crippen molar-refractivity contribution in [3.05, 3.63) is 63.7 Å². The summed E-state index contributed by atoms with van der Waals surface area (Å²) in [5, 5.41) is 10.8. The first-order chi connectivity index (χ1) is 9.52. The fourth-order valence-corrected chi connectivity index (χ4v) is 1.67. The molecule has 104 valence electrons. The fraction of sp³-hybridized carbons (Fsp3) is 0.0769. The highest BCUT2D eigenvalue weighted by Gasteiger charge is 2.18. The Morgan fingerprint density at radius 2 is 1.95 bits per heavy atom. The van der Waals surface area contributed by atoms with Crippen LogP contribution in [0.4, 0.5) is 14.5 Å². The van der Waals surface area contributed by atoms with Crippen molar-refractivity contribution >= 4 is 5.69 Å². The minimum atomic E-state index is -0.778. The number of halogens is 2. The highest BCUT2D eigenvalue weighted by Crippen LogP contribution is 2.33. The number of rotatable bonds is 4. The van der Waals surface area contributed by atoms with Gasteiger partial charge in [-0.3, -0.25) is 10.1 Å². The van der Waals surface area contributed by atoms with Gasteiger partial charge in [-0.25, -0.2) is 8.78 Å². The molecule has 0 saturated carbocycles. The van der Waals surface area contributed by atoms with Crippen LogP contribution in [0.5, 0.6) is 11.5 Å². The van der Waals surface area contributed by atoms with Crippen LogP contribution < -0.4 is 10.5 Å². The third-order valence-electron chi connectivity index (χ3n) is 2.62. The highest BCUT2D eigenvalue weighted by molar-refractivity contribution is 5.49. The Labute approximate surface area is 112 Å². The number of nitro groups is 1. The zero-order chi connectivity index (χ0) is 14.7. The molecule has 0 aliphatic heterocycles. The van der Waals surface area contributed by atoms with E-state index in [0.717, 1.165) is 18.2 Å². The molecule has 0 fully saturated rings. The standard InChI is InChI=1S/C13H10F2N2O3/c14-8-4-5-13(11(6-8)17(18)19)20-12-3-1-2-10(15)9(12)7-16/h1-6H,7,16H2. The molecular weight excluding hydrogens is 270 g/mol. The molecule has 0 spiro atoms. The smallest absolute Gasteiger partial charge is 0.314 e. The number of nitro benzene ring substituents is 1. The summed E-state index contributed by atoms with van der Waals surface area (Å²) in [6.45, 7) is -0.128. The number of benzene rings is 2. The summed E-state index contributed by atoms with van der Waals surface area (Å²) in [6, 6.07) is 6.88. The molecule has 0 bridgehead atoms. The van der Waals surface area contributed by atoms with Crippen molar-refractivity contribution in [3.63, 3.8) is 0 Å². The summed E-state index contributed by atoms with van der Waals surface area (Å²) in [4.78, 5) is 10.1. The Bertz CT molecular complexity index is 662. The van der Waals surface area contributed by atoms with Crippen LogP contribution >= 0.6 is 0 Å². The predicted octanol–water partition coefficient (Wildman–Crippen LogP) is 3.12. The van der Waals surface area contributed by atoms with Gasteiger partial charge < -0.3 is 10.5 Å². The Hall–Kier alpha value is -2.54. The molecule has 0 unspecified atom stereocenters. The van der Waals surface area contributed by atoms with Gasteiger partial charge in [-0.1, -0.05) is 6.07 Å². The third-order valence-corrected chi connectivity index (χ3v) is 2.62. The van der Waals surface area contributed by atoms with Gasteiger partial charge in [-0.05, 0) is 24.3 Å². The molecule has 2 N–H and O–H groups in total. The number of hydrogen-bond donors (Lipinski definition) is 1. The van der Waals surface area contributed by atoms with Crippen LogP contribution in [0.15, 0.2) is 36.4 Å². The second kappa shape index (κ2) is 5.62. The van der Waals surface area contributed by atoms with Gasteiger partial charge >= 0.3 is 5.69 Å². The van der Waals surface area contributed by atoms with Crippen LogP contribution in [-0.2, 0) is 6.54 Å².